The minimum atomic E-state index is -0.416. The Balaban J connectivity index is 1.72. The quantitative estimate of drug-likeness (QED) is 0.815. The van der Waals surface area contributed by atoms with E-state index >= 15 is 0 Å². The van der Waals surface area contributed by atoms with Gasteiger partial charge >= 0.3 is 0 Å². The van der Waals surface area contributed by atoms with E-state index in [1.165, 1.54) is 37.5 Å². The lowest BCUT2D eigenvalue weighted by Crippen LogP contribution is -2.20. The fourth-order valence-corrected chi connectivity index (χ4v) is 2.41. The Morgan fingerprint density at radius 2 is 2.10 bits per heavy atom. The number of hydrogen-bond donors (Lipinski definition) is 2. The molecule has 1 fully saturated rings. The minimum absolute atomic E-state index is 0.167. The van der Waals surface area contributed by atoms with E-state index in [9.17, 15) is 9.18 Å². The van der Waals surface area contributed by atoms with Gasteiger partial charge in [0.2, 0.25) is 5.91 Å². The predicted octanol–water partition coefficient (Wildman–Crippen LogP) is 3.09. The molecule has 20 heavy (non-hydrogen) atoms. The maximum atomic E-state index is 12.9. The van der Waals surface area contributed by atoms with E-state index in [1.807, 2.05) is 0 Å². The van der Waals surface area contributed by atoms with E-state index in [-0.39, 0.29) is 18.0 Å². The van der Waals surface area contributed by atoms with E-state index in [0.29, 0.717) is 18.4 Å². The van der Waals surface area contributed by atoms with Crippen LogP contribution < -0.4 is 11.1 Å². The van der Waals surface area contributed by atoms with Crippen molar-refractivity contribution in [2.45, 2.75) is 44.6 Å². The van der Waals surface area contributed by atoms with Crippen LogP contribution in [0.3, 0.4) is 0 Å². The van der Waals surface area contributed by atoms with Crippen LogP contribution in [0.5, 0.6) is 0 Å². The molecule has 3 N–H and O–H groups in total. The monoisotopic (exact) mass is 280 g/mol. The number of carbonyl (C=O) groups is 1. The Kier molecular flexibility index (Phi) is 5.35. The van der Waals surface area contributed by atoms with Gasteiger partial charge in [0.05, 0.1) is 30.5 Å². The van der Waals surface area contributed by atoms with Crippen molar-refractivity contribution in [2.24, 2.45) is 0 Å². The number of hydrogen-bond acceptors (Lipinski definition) is 3. The van der Waals surface area contributed by atoms with Gasteiger partial charge in [-0.25, -0.2) is 4.39 Å². The third-order valence-corrected chi connectivity index (χ3v) is 3.52. The molecule has 0 spiro atoms. The second kappa shape index (κ2) is 7.24. The highest BCUT2D eigenvalue weighted by molar-refractivity contribution is 5.93. The van der Waals surface area contributed by atoms with Gasteiger partial charge in [-0.15, -0.1) is 0 Å². The van der Waals surface area contributed by atoms with Gasteiger partial charge in [-0.05, 0) is 31.0 Å². The molecule has 0 unspecified atom stereocenters. The zero-order valence-corrected chi connectivity index (χ0v) is 11.5. The van der Waals surface area contributed by atoms with E-state index in [0.717, 1.165) is 12.8 Å². The molecule has 0 bridgehead atoms. The lowest BCUT2D eigenvalue weighted by atomic mass is 9.98. The second-order valence-electron chi connectivity index (χ2n) is 5.16. The molecule has 2 rings (SSSR count). The molecule has 1 aromatic carbocycles. The van der Waals surface area contributed by atoms with Crippen molar-refractivity contribution in [3.05, 3.63) is 24.0 Å². The molecule has 1 aliphatic carbocycles. The van der Waals surface area contributed by atoms with E-state index in [1.54, 1.807) is 0 Å². The summed E-state index contributed by atoms with van der Waals surface area (Å²) in [7, 11) is 0. The molecule has 1 saturated carbocycles. The molecule has 0 radical (unpaired) electrons. The number of nitrogens with two attached hydrogens (primary N) is 1. The number of amides is 1. The van der Waals surface area contributed by atoms with Crippen LogP contribution >= 0.6 is 0 Å². The van der Waals surface area contributed by atoms with Crippen LogP contribution in [0.25, 0.3) is 0 Å². The predicted molar refractivity (Wildman–Crippen MR) is 76.9 cm³/mol. The Morgan fingerprint density at radius 1 is 1.35 bits per heavy atom. The number of anilines is 2. The third kappa shape index (κ3) is 4.49. The van der Waals surface area contributed by atoms with Gasteiger partial charge in [0.1, 0.15) is 5.82 Å². The highest BCUT2D eigenvalue weighted by Gasteiger charge is 2.14. The molecule has 1 amide bonds. The van der Waals surface area contributed by atoms with Crippen LogP contribution in [-0.2, 0) is 9.53 Å². The van der Waals surface area contributed by atoms with E-state index in [2.05, 4.69) is 5.32 Å². The van der Waals surface area contributed by atoms with Gasteiger partial charge in [0.25, 0.3) is 0 Å². The van der Waals surface area contributed by atoms with Gasteiger partial charge in [-0.1, -0.05) is 19.3 Å². The summed E-state index contributed by atoms with van der Waals surface area (Å²) in [5.41, 5.74) is 6.30. The molecular weight excluding hydrogens is 259 g/mol. The number of carbonyl (C=O) groups excluding carboxylic acids is 1. The zero-order valence-electron chi connectivity index (χ0n) is 11.5. The molecule has 0 aromatic heterocycles. The van der Waals surface area contributed by atoms with Crippen LogP contribution in [0.1, 0.15) is 38.5 Å². The SMILES string of the molecule is Nc1cc(F)ccc1NC(=O)CCOC1CCCCC1. The summed E-state index contributed by atoms with van der Waals surface area (Å²) in [4.78, 5) is 11.8. The van der Waals surface area contributed by atoms with Crippen molar-refractivity contribution in [3.63, 3.8) is 0 Å². The summed E-state index contributed by atoms with van der Waals surface area (Å²) in [6.07, 6.45) is 6.47. The van der Waals surface area contributed by atoms with Crippen LogP contribution in [0.15, 0.2) is 18.2 Å². The van der Waals surface area contributed by atoms with Gasteiger partial charge < -0.3 is 15.8 Å². The summed E-state index contributed by atoms with van der Waals surface area (Å²) in [5, 5.41) is 2.66. The molecule has 0 heterocycles. The average molecular weight is 280 g/mol. The first-order valence-electron chi connectivity index (χ1n) is 7.11. The summed E-state index contributed by atoms with van der Waals surface area (Å²) in [5.74, 6) is -0.583. The number of nitrogens with one attached hydrogen (secondary N) is 1. The fourth-order valence-electron chi connectivity index (χ4n) is 2.41. The molecule has 110 valence electrons. The largest absolute Gasteiger partial charge is 0.397 e. The molecular formula is C15H21FN2O2. The van der Waals surface area contributed by atoms with Gasteiger partial charge in [0, 0.05) is 0 Å². The van der Waals surface area contributed by atoms with Crippen molar-refractivity contribution in [1.29, 1.82) is 0 Å². The minimum Gasteiger partial charge on any atom is -0.397 e. The lowest BCUT2D eigenvalue weighted by Gasteiger charge is -2.21. The van der Waals surface area contributed by atoms with Crippen molar-refractivity contribution in [2.75, 3.05) is 17.7 Å². The van der Waals surface area contributed by atoms with Crippen LogP contribution in [-0.4, -0.2) is 18.6 Å². The number of halogens is 1. The molecule has 5 heteroatoms. The summed E-state index contributed by atoms with van der Waals surface area (Å²) in [6.45, 7) is 0.414. The van der Waals surface area contributed by atoms with Gasteiger partial charge in [-0.3, -0.25) is 4.79 Å². The molecule has 0 aliphatic heterocycles. The van der Waals surface area contributed by atoms with Gasteiger partial charge in [-0.2, -0.15) is 0 Å². The zero-order chi connectivity index (χ0) is 14.4. The average Bonchev–Trinajstić information content (AvgIpc) is 2.43. The highest BCUT2D eigenvalue weighted by Crippen LogP contribution is 2.21. The molecule has 0 saturated heterocycles. The molecule has 4 nitrogen and oxygen atoms in total. The standard InChI is InChI=1S/C15H21FN2O2/c16-11-6-7-14(13(17)10-11)18-15(19)8-9-20-12-4-2-1-3-5-12/h6-7,10,12H,1-5,8-9,17H2,(H,18,19). The van der Waals surface area contributed by atoms with E-state index < -0.39 is 5.82 Å². The number of benzene rings is 1. The first-order chi connectivity index (χ1) is 9.65. The van der Waals surface area contributed by atoms with E-state index in [4.69, 9.17) is 10.5 Å². The fraction of sp³-hybridized carbons (Fsp3) is 0.533. The number of rotatable bonds is 5. The van der Waals surface area contributed by atoms with Crippen LogP contribution in [0.4, 0.5) is 15.8 Å². The topological polar surface area (TPSA) is 64.3 Å². The highest BCUT2D eigenvalue weighted by atomic mass is 19.1. The number of ether oxygens (including phenoxy) is 1. The maximum Gasteiger partial charge on any atom is 0.226 e. The third-order valence-electron chi connectivity index (χ3n) is 3.52. The Labute approximate surface area is 118 Å². The summed E-state index contributed by atoms with van der Waals surface area (Å²) in [6, 6.07) is 3.92. The molecule has 1 aliphatic rings. The molecule has 0 atom stereocenters. The first kappa shape index (κ1) is 14.8. The molecule has 1 aromatic rings. The Morgan fingerprint density at radius 3 is 2.80 bits per heavy atom. The second-order valence-corrected chi connectivity index (χ2v) is 5.16. The van der Waals surface area contributed by atoms with Crippen molar-refractivity contribution >= 4 is 17.3 Å². The van der Waals surface area contributed by atoms with Crippen molar-refractivity contribution in [1.82, 2.24) is 0 Å². The first-order valence-corrected chi connectivity index (χ1v) is 7.11. The Bertz CT molecular complexity index is 459. The maximum absolute atomic E-state index is 12.9. The van der Waals surface area contributed by atoms with Crippen molar-refractivity contribution < 1.29 is 13.9 Å². The lowest BCUT2D eigenvalue weighted by molar-refractivity contribution is -0.117. The van der Waals surface area contributed by atoms with Crippen LogP contribution in [0, 0.1) is 5.82 Å². The van der Waals surface area contributed by atoms with Gasteiger partial charge in [0.15, 0.2) is 0 Å². The van der Waals surface area contributed by atoms with Crippen molar-refractivity contribution in [3.8, 4) is 0 Å². The smallest absolute Gasteiger partial charge is 0.226 e. The number of nitrogen functional groups attached to an aromatic ring is 1. The summed E-state index contributed by atoms with van der Waals surface area (Å²) >= 11 is 0. The van der Waals surface area contributed by atoms with Crippen LogP contribution in [0.2, 0.25) is 0 Å². The normalized spacial score (nSPS) is 16.1. The Hall–Kier alpha value is -1.62. The summed E-state index contributed by atoms with van der Waals surface area (Å²) < 4.78 is 18.6.